The van der Waals surface area contributed by atoms with Crippen LogP contribution in [0.2, 0.25) is 0 Å². The van der Waals surface area contributed by atoms with Gasteiger partial charge in [-0.15, -0.1) is 11.6 Å². The zero-order valence-electron chi connectivity index (χ0n) is 11.8. The van der Waals surface area contributed by atoms with E-state index >= 15 is 0 Å². The van der Waals surface area contributed by atoms with Gasteiger partial charge in [0.2, 0.25) is 10.0 Å². The predicted molar refractivity (Wildman–Crippen MR) is 79.5 cm³/mol. The molecular formula is C14H21ClN2O2S. The standard InChI is InChI=1S/C14H21ClN2O2S/c1-16(11-4-2-3-5-11)20(18,19)14-8-13(9-15)17(10-14)12-6-7-12/h8,10-12H,2-7,9H2,1H3. The van der Waals surface area contributed by atoms with Crippen molar-refractivity contribution in [3.05, 3.63) is 18.0 Å². The van der Waals surface area contributed by atoms with E-state index in [4.69, 9.17) is 11.6 Å². The number of hydrogen-bond acceptors (Lipinski definition) is 2. The number of alkyl halides is 1. The molecule has 2 aliphatic rings. The summed E-state index contributed by atoms with van der Waals surface area (Å²) in [5, 5.41) is 0. The number of hydrogen-bond donors (Lipinski definition) is 0. The highest BCUT2D eigenvalue weighted by Gasteiger charge is 2.33. The van der Waals surface area contributed by atoms with E-state index in [1.807, 2.05) is 4.57 Å². The number of aromatic nitrogens is 1. The highest BCUT2D eigenvalue weighted by Crippen LogP contribution is 2.38. The van der Waals surface area contributed by atoms with Crippen molar-refractivity contribution in [2.45, 2.75) is 61.4 Å². The molecule has 1 aromatic heterocycles. The third kappa shape index (κ3) is 2.51. The van der Waals surface area contributed by atoms with Crippen molar-refractivity contribution in [1.82, 2.24) is 8.87 Å². The second-order valence-electron chi connectivity index (χ2n) is 5.90. The molecule has 0 N–H and O–H groups in total. The van der Waals surface area contributed by atoms with Crippen LogP contribution in [-0.2, 0) is 15.9 Å². The summed E-state index contributed by atoms with van der Waals surface area (Å²) in [6.07, 6.45) is 8.22. The first-order valence-electron chi connectivity index (χ1n) is 7.29. The number of nitrogens with zero attached hydrogens (tertiary/aromatic N) is 2. The Labute approximate surface area is 125 Å². The lowest BCUT2D eigenvalue weighted by Gasteiger charge is -2.22. The van der Waals surface area contributed by atoms with Gasteiger partial charge >= 0.3 is 0 Å². The van der Waals surface area contributed by atoms with Crippen LogP contribution in [0.4, 0.5) is 0 Å². The summed E-state index contributed by atoms with van der Waals surface area (Å²) in [5.41, 5.74) is 0.910. The molecule has 3 rings (SSSR count). The lowest BCUT2D eigenvalue weighted by molar-refractivity contribution is 0.373. The van der Waals surface area contributed by atoms with Gasteiger partial charge in [-0.1, -0.05) is 12.8 Å². The first kappa shape index (κ1) is 14.4. The van der Waals surface area contributed by atoms with Gasteiger partial charge in [0.15, 0.2) is 0 Å². The molecule has 112 valence electrons. The average molecular weight is 317 g/mol. The van der Waals surface area contributed by atoms with Crippen LogP contribution in [0.3, 0.4) is 0 Å². The molecule has 6 heteroatoms. The first-order valence-corrected chi connectivity index (χ1v) is 9.26. The molecule has 2 fully saturated rings. The second kappa shape index (κ2) is 5.35. The van der Waals surface area contributed by atoms with Crippen LogP contribution in [-0.4, -0.2) is 30.4 Å². The highest BCUT2D eigenvalue weighted by molar-refractivity contribution is 7.89. The van der Waals surface area contributed by atoms with Gasteiger partial charge in [-0.2, -0.15) is 4.31 Å². The minimum Gasteiger partial charge on any atom is -0.346 e. The van der Waals surface area contributed by atoms with E-state index in [2.05, 4.69) is 0 Å². The Kier molecular flexibility index (Phi) is 3.86. The summed E-state index contributed by atoms with van der Waals surface area (Å²) in [6, 6.07) is 2.35. The molecule has 1 heterocycles. The fraction of sp³-hybridized carbons (Fsp3) is 0.714. The topological polar surface area (TPSA) is 42.3 Å². The summed E-state index contributed by atoms with van der Waals surface area (Å²) in [4.78, 5) is 0.398. The van der Waals surface area contributed by atoms with Gasteiger partial charge in [-0.3, -0.25) is 0 Å². The Bertz CT molecular complexity index is 586. The molecule has 0 atom stereocenters. The fourth-order valence-corrected chi connectivity index (χ4v) is 4.75. The Morgan fingerprint density at radius 2 is 1.95 bits per heavy atom. The van der Waals surface area contributed by atoms with Gasteiger partial charge < -0.3 is 4.57 Å². The fourth-order valence-electron chi connectivity index (χ4n) is 3.07. The lowest BCUT2D eigenvalue weighted by atomic mass is 10.3. The lowest BCUT2D eigenvalue weighted by Crippen LogP contribution is -2.35. The van der Waals surface area contributed by atoms with Crippen molar-refractivity contribution < 1.29 is 8.42 Å². The maximum absolute atomic E-state index is 12.7. The van der Waals surface area contributed by atoms with Gasteiger partial charge in [0.25, 0.3) is 0 Å². The Morgan fingerprint density at radius 1 is 1.30 bits per heavy atom. The van der Waals surface area contributed by atoms with Gasteiger partial charge in [0.05, 0.1) is 5.88 Å². The van der Waals surface area contributed by atoms with Crippen LogP contribution in [0.1, 0.15) is 50.3 Å². The summed E-state index contributed by atoms with van der Waals surface area (Å²) in [5.74, 6) is 0.360. The molecule has 0 spiro atoms. The highest BCUT2D eigenvalue weighted by atomic mass is 35.5. The van der Waals surface area contributed by atoms with Crippen LogP contribution in [0.25, 0.3) is 0 Å². The van der Waals surface area contributed by atoms with E-state index in [1.165, 1.54) is 0 Å². The molecule has 4 nitrogen and oxygen atoms in total. The second-order valence-corrected chi connectivity index (χ2v) is 8.16. The zero-order valence-corrected chi connectivity index (χ0v) is 13.3. The van der Waals surface area contributed by atoms with E-state index in [-0.39, 0.29) is 6.04 Å². The molecule has 0 amide bonds. The molecule has 2 aliphatic carbocycles. The monoisotopic (exact) mass is 316 g/mol. The van der Waals surface area contributed by atoms with Crippen LogP contribution >= 0.6 is 11.6 Å². The third-order valence-electron chi connectivity index (χ3n) is 4.50. The molecular weight excluding hydrogens is 296 g/mol. The maximum atomic E-state index is 12.7. The first-order chi connectivity index (χ1) is 9.54. The van der Waals surface area contributed by atoms with Gasteiger partial charge in [0, 0.05) is 31.0 Å². The molecule has 1 aromatic rings. The molecule has 0 bridgehead atoms. The summed E-state index contributed by atoms with van der Waals surface area (Å²) >= 11 is 5.94. The normalized spacial score (nSPS) is 20.9. The van der Waals surface area contributed by atoms with E-state index in [0.29, 0.717) is 16.8 Å². The zero-order chi connectivity index (χ0) is 14.3. The van der Waals surface area contributed by atoms with Crippen molar-refractivity contribution in [1.29, 1.82) is 0 Å². The maximum Gasteiger partial charge on any atom is 0.244 e. The van der Waals surface area contributed by atoms with E-state index in [1.54, 1.807) is 23.6 Å². The van der Waals surface area contributed by atoms with Crippen molar-refractivity contribution in [3.8, 4) is 0 Å². The quantitative estimate of drug-likeness (QED) is 0.783. The smallest absolute Gasteiger partial charge is 0.244 e. The SMILES string of the molecule is CN(C1CCCC1)S(=O)(=O)c1cc(CCl)n(C2CC2)c1. The van der Waals surface area contributed by atoms with Crippen LogP contribution in [0.5, 0.6) is 0 Å². The van der Waals surface area contributed by atoms with Crippen LogP contribution in [0, 0.1) is 0 Å². The number of halogens is 1. The van der Waals surface area contributed by atoms with Crippen LogP contribution < -0.4 is 0 Å². The largest absolute Gasteiger partial charge is 0.346 e. The van der Waals surface area contributed by atoms with Crippen molar-refractivity contribution >= 4 is 21.6 Å². The molecule has 0 aromatic carbocycles. The number of sulfonamides is 1. The van der Waals surface area contributed by atoms with E-state index < -0.39 is 10.0 Å². The molecule has 0 saturated heterocycles. The summed E-state index contributed by atoms with van der Waals surface area (Å²) < 4.78 is 29.0. The molecule has 0 aliphatic heterocycles. The minimum atomic E-state index is -3.39. The summed E-state index contributed by atoms with van der Waals surface area (Å²) in [6.45, 7) is 0. The van der Waals surface area contributed by atoms with Crippen molar-refractivity contribution in [3.63, 3.8) is 0 Å². The van der Waals surface area contributed by atoms with Crippen LogP contribution in [0.15, 0.2) is 17.2 Å². The number of rotatable bonds is 5. The molecule has 20 heavy (non-hydrogen) atoms. The van der Waals surface area contributed by atoms with Gasteiger partial charge in [-0.05, 0) is 31.7 Å². The minimum absolute atomic E-state index is 0.156. The van der Waals surface area contributed by atoms with Crippen molar-refractivity contribution in [2.75, 3.05) is 7.05 Å². The summed E-state index contributed by atoms with van der Waals surface area (Å²) in [7, 11) is -1.68. The average Bonchev–Trinajstić information content (AvgIpc) is 2.97. The van der Waals surface area contributed by atoms with Gasteiger partial charge in [-0.25, -0.2) is 8.42 Å². The Hall–Kier alpha value is -0.520. The Morgan fingerprint density at radius 3 is 2.50 bits per heavy atom. The third-order valence-corrected chi connectivity index (χ3v) is 6.65. The van der Waals surface area contributed by atoms with E-state index in [0.717, 1.165) is 44.2 Å². The van der Waals surface area contributed by atoms with Gasteiger partial charge in [0.1, 0.15) is 4.90 Å². The van der Waals surface area contributed by atoms with Crippen molar-refractivity contribution in [2.24, 2.45) is 0 Å². The van der Waals surface area contributed by atoms with E-state index in [9.17, 15) is 8.42 Å². The molecule has 0 unspecified atom stereocenters. The molecule has 2 saturated carbocycles. The predicted octanol–water partition coefficient (Wildman–Crippen LogP) is 3.12. The Balaban J connectivity index is 1.90. The molecule has 0 radical (unpaired) electrons.